The minimum atomic E-state index is -1.30. The highest BCUT2D eigenvalue weighted by atomic mass is 35.5. The summed E-state index contributed by atoms with van der Waals surface area (Å²) in [7, 11) is 0. The molecular weight excluding hydrogens is 467 g/mol. The first-order valence-electron chi connectivity index (χ1n) is 9.69. The van der Waals surface area contributed by atoms with E-state index in [-0.39, 0.29) is 60.7 Å². The van der Waals surface area contributed by atoms with Crippen molar-refractivity contribution in [1.29, 1.82) is 0 Å². The molecule has 4 N–H and O–H groups in total. The van der Waals surface area contributed by atoms with Gasteiger partial charge in [-0.1, -0.05) is 16.7 Å². The van der Waals surface area contributed by atoms with Crippen LogP contribution in [-0.2, 0) is 24.3 Å². The topological polar surface area (TPSA) is 148 Å². The Balaban J connectivity index is 1.39. The lowest BCUT2D eigenvalue weighted by Crippen LogP contribution is -2.41. The summed E-state index contributed by atoms with van der Waals surface area (Å²) in [5.74, 6) is -4.07. The number of aromatic nitrogens is 6. The van der Waals surface area contributed by atoms with Gasteiger partial charge in [-0.25, -0.2) is 18.2 Å². The summed E-state index contributed by atoms with van der Waals surface area (Å²) in [4.78, 5) is 30.8. The molecule has 2 aromatic heterocycles. The number of halogens is 4. The van der Waals surface area contributed by atoms with Crippen LogP contribution in [0, 0.1) is 17.5 Å². The first-order chi connectivity index (χ1) is 15.7. The molecule has 0 radical (unpaired) electrons. The third-order valence-electron chi connectivity index (χ3n) is 5.06. The molecule has 2 amide bonds. The fourth-order valence-corrected chi connectivity index (χ4v) is 3.77. The lowest BCUT2D eigenvalue weighted by atomic mass is 10.0. The van der Waals surface area contributed by atoms with Gasteiger partial charge in [0.15, 0.2) is 17.3 Å². The Morgan fingerprint density at radius 2 is 1.97 bits per heavy atom. The number of nitrogens with one attached hydrogen (secondary N) is 2. The van der Waals surface area contributed by atoms with E-state index in [1.54, 1.807) is 4.57 Å². The Kier molecular flexibility index (Phi) is 6.29. The van der Waals surface area contributed by atoms with Crippen LogP contribution in [0.5, 0.6) is 0 Å². The fourth-order valence-electron chi connectivity index (χ4n) is 3.46. The molecule has 0 aliphatic carbocycles. The number of benzene rings is 1. The number of nitrogens with zero attached hydrogens (tertiary/aromatic N) is 6. The average Bonchev–Trinajstić information content (AvgIpc) is 3.39. The van der Waals surface area contributed by atoms with E-state index >= 15 is 0 Å². The van der Waals surface area contributed by atoms with Crippen molar-refractivity contribution < 1.29 is 22.8 Å². The molecule has 3 heterocycles. The Morgan fingerprint density at radius 1 is 1.21 bits per heavy atom. The maximum atomic E-state index is 13.8. The van der Waals surface area contributed by atoms with Gasteiger partial charge in [0.25, 0.3) is 11.9 Å². The second-order valence-electron chi connectivity index (χ2n) is 7.35. The number of aromatic amines is 1. The summed E-state index contributed by atoms with van der Waals surface area (Å²) in [6.07, 6.45) is -0.304. The molecule has 0 bridgehead atoms. The van der Waals surface area contributed by atoms with Crippen molar-refractivity contribution in [2.75, 3.05) is 11.9 Å². The van der Waals surface area contributed by atoms with Gasteiger partial charge in [0.1, 0.15) is 16.8 Å². The summed E-state index contributed by atoms with van der Waals surface area (Å²) in [6.45, 7) is 0.635. The van der Waals surface area contributed by atoms with Crippen molar-refractivity contribution in [2.45, 2.75) is 32.0 Å². The number of hydrogen-bond acceptors (Lipinski definition) is 7. The minimum absolute atomic E-state index is 0.0506. The molecule has 1 atom stereocenters. The van der Waals surface area contributed by atoms with Crippen molar-refractivity contribution in [1.82, 2.24) is 35.1 Å². The molecule has 1 aliphatic heterocycles. The van der Waals surface area contributed by atoms with E-state index in [0.29, 0.717) is 11.9 Å². The number of H-pyrrole nitrogens is 1. The highest BCUT2D eigenvalue weighted by Crippen LogP contribution is 2.24. The third kappa shape index (κ3) is 4.80. The van der Waals surface area contributed by atoms with Gasteiger partial charge >= 0.3 is 0 Å². The van der Waals surface area contributed by atoms with Crippen molar-refractivity contribution in [3.8, 4) is 0 Å². The van der Waals surface area contributed by atoms with Gasteiger partial charge < -0.3 is 15.2 Å². The van der Waals surface area contributed by atoms with Crippen LogP contribution in [0.2, 0.25) is 5.15 Å². The van der Waals surface area contributed by atoms with E-state index in [0.717, 1.165) is 6.07 Å². The maximum Gasteiger partial charge on any atom is 0.279 e. The predicted octanol–water partition coefficient (Wildman–Crippen LogP) is 1.02. The Hall–Kier alpha value is -3.52. The van der Waals surface area contributed by atoms with Crippen LogP contribution >= 0.6 is 11.6 Å². The zero-order valence-electron chi connectivity index (χ0n) is 16.9. The van der Waals surface area contributed by atoms with Gasteiger partial charge in [-0.3, -0.25) is 14.9 Å². The van der Waals surface area contributed by atoms with Gasteiger partial charge in [0.05, 0.1) is 6.54 Å². The van der Waals surface area contributed by atoms with Crippen molar-refractivity contribution in [3.63, 3.8) is 0 Å². The lowest BCUT2D eigenvalue weighted by molar-refractivity contribution is -0.133. The number of amides is 2. The highest BCUT2D eigenvalue weighted by molar-refractivity contribution is 6.33. The smallest absolute Gasteiger partial charge is 0.279 e. The number of fused-ring (bicyclic) bond motifs is 1. The van der Waals surface area contributed by atoms with Gasteiger partial charge in [-0.15, -0.1) is 5.10 Å². The number of rotatable bonds is 6. The van der Waals surface area contributed by atoms with Gasteiger partial charge in [0.2, 0.25) is 5.91 Å². The van der Waals surface area contributed by atoms with E-state index in [2.05, 4.69) is 30.9 Å². The molecule has 0 spiro atoms. The number of carbonyl (C=O) groups is 2. The van der Waals surface area contributed by atoms with Crippen molar-refractivity contribution in [3.05, 3.63) is 51.8 Å². The van der Waals surface area contributed by atoms with Crippen LogP contribution in [0.3, 0.4) is 0 Å². The van der Waals surface area contributed by atoms with Crippen LogP contribution in [0.4, 0.5) is 19.1 Å². The molecule has 15 heteroatoms. The van der Waals surface area contributed by atoms with Crippen LogP contribution in [-0.4, -0.2) is 59.5 Å². The third-order valence-corrected chi connectivity index (χ3v) is 5.44. The summed E-state index contributed by atoms with van der Waals surface area (Å²) >= 11 is 6.28. The molecule has 0 saturated heterocycles. The fraction of sp³-hybridized carbons (Fsp3) is 0.333. The van der Waals surface area contributed by atoms with Gasteiger partial charge in [-0.2, -0.15) is 5.21 Å². The zero-order valence-corrected chi connectivity index (χ0v) is 17.6. The Morgan fingerprint density at radius 3 is 2.70 bits per heavy atom. The van der Waals surface area contributed by atoms with E-state index in [4.69, 9.17) is 17.3 Å². The summed E-state index contributed by atoms with van der Waals surface area (Å²) in [5, 5.41) is 15.2. The molecule has 1 aromatic carbocycles. The lowest BCUT2D eigenvalue weighted by Gasteiger charge is -2.29. The molecule has 11 nitrogen and oxygen atoms in total. The van der Waals surface area contributed by atoms with Crippen molar-refractivity contribution >= 4 is 29.4 Å². The summed E-state index contributed by atoms with van der Waals surface area (Å²) in [6, 6.07) is 0.355. The highest BCUT2D eigenvalue weighted by Gasteiger charge is 2.29. The quantitative estimate of drug-likeness (QED) is 0.443. The normalized spacial score (nSPS) is 14.2. The molecular formula is C18H17ClF3N9O2. The molecule has 1 aliphatic rings. The first-order valence-corrected chi connectivity index (χ1v) is 10.1. The van der Waals surface area contributed by atoms with E-state index in [9.17, 15) is 22.8 Å². The standard InChI is InChI=1S/C18H17ClF3N9O2/c19-16-15(17(33)25-18-26-28-29-27-18)24-13-7-30(1-2-31(13)16)14(32)5-9(23)3-8-4-11(21)12(22)6-10(8)20/h4,6,9H,1-3,5,7,23H2,(H2,25,26,27,28,29,33)/t9-/m1/s1. The minimum Gasteiger partial charge on any atom is -0.333 e. The summed E-state index contributed by atoms with van der Waals surface area (Å²) < 4.78 is 41.9. The van der Waals surface area contributed by atoms with Crippen LogP contribution in [0.1, 0.15) is 28.3 Å². The van der Waals surface area contributed by atoms with Crippen molar-refractivity contribution in [2.24, 2.45) is 5.73 Å². The summed E-state index contributed by atoms with van der Waals surface area (Å²) in [5.41, 5.74) is 5.78. The Bertz CT molecular complexity index is 1200. The molecule has 174 valence electrons. The molecule has 3 aromatic rings. The van der Waals surface area contributed by atoms with E-state index < -0.39 is 29.4 Å². The zero-order chi connectivity index (χ0) is 23.7. The van der Waals surface area contributed by atoms with Gasteiger partial charge in [0, 0.05) is 31.6 Å². The number of anilines is 1. The maximum absolute atomic E-state index is 13.8. The number of nitrogens with two attached hydrogens (primary N) is 1. The van der Waals surface area contributed by atoms with E-state index in [1.807, 2.05) is 0 Å². The van der Waals surface area contributed by atoms with Gasteiger partial charge in [-0.05, 0) is 23.3 Å². The first kappa shape index (κ1) is 22.7. The SMILES string of the molecule is N[C@@H](CC(=O)N1CCn2c(nc(C(=O)Nc3nn[nH]n3)c2Cl)C1)Cc1cc(F)c(F)cc1F. The second kappa shape index (κ2) is 9.15. The molecule has 0 unspecified atom stereocenters. The number of imidazole rings is 1. The Labute approximate surface area is 189 Å². The van der Waals surface area contributed by atoms with Crippen LogP contribution in [0.15, 0.2) is 12.1 Å². The monoisotopic (exact) mass is 483 g/mol. The number of hydrogen-bond donors (Lipinski definition) is 3. The van der Waals surface area contributed by atoms with E-state index in [1.165, 1.54) is 4.90 Å². The number of tetrazole rings is 1. The number of carbonyl (C=O) groups excluding carboxylic acids is 2. The van der Waals surface area contributed by atoms with Crippen LogP contribution < -0.4 is 11.1 Å². The average molecular weight is 484 g/mol. The second-order valence-corrected chi connectivity index (χ2v) is 7.71. The molecule has 0 fully saturated rings. The molecule has 4 rings (SSSR count). The molecule has 0 saturated carbocycles. The molecule has 33 heavy (non-hydrogen) atoms. The predicted molar refractivity (Wildman–Crippen MR) is 107 cm³/mol. The largest absolute Gasteiger partial charge is 0.333 e. The van der Waals surface area contributed by atoms with Crippen LogP contribution in [0.25, 0.3) is 0 Å².